The Bertz CT molecular complexity index is 1100. The molecule has 1 atom stereocenters. The molecule has 1 aliphatic heterocycles. The number of halogens is 4. The van der Waals surface area contributed by atoms with E-state index in [-0.39, 0.29) is 18.0 Å². The van der Waals surface area contributed by atoms with Crippen molar-refractivity contribution < 1.29 is 31.8 Å². The summed E-state index contributed by atoms with van der Waals surface area (Å²) in [6, 6.07) is 7.69. The van der Waals surface area contributed by atoms with E-state index in [1.54, 1.807) is 30.0 Å². The lowest BCUT2D eigenvalue weighted by atomic mass is 10.1. The molecule has 36 heavy (non-hydrogen) atoms. The highest BCUT2D eigenvalue weighted by atomic mass is 19.4. The van der Waals surface area contributed by atoms with E-state index < -0.39 is 17.6 Å². The van der Waals surface area contributed by atoms with E-state index >= 15 is 0 Å². The lowest BCUT2D eigenvalue weighted by Crippen LogP contribution is -2.37. The average molecular weight is 509 g/mol. The molecule has 1 fully saturated rings. The van der Waals surface area contributed by atoms with Crippen molar-refractivity contribution >= 4 is 12.0 Å². The number of ether oxygens (including phenoxy) is 2. The van der Waals surface area contributed by atoms with Gasteiger partial charge in [0.25, 0.3) is 5.91 Å². The van der Waals surface area contributed by atoms with Crippen LogP contribution in [0.5, 0.6) is 11.5 Å². The zero-order valence-electron chi connectivity index (χ0n) is 21.0. The largest absolute Gasteiger partial charge is 0.493 e. The van der Waals surface area contributed by atoms with Crippen LogP contribution in [-0.2, 0) is 6.18 Å². The molecule has 9 heteroatoms. The topological polar surface area (TPSA) is 42.0 Å². The third kappa shape index (κ3) is 7.00. The van der Waals surface area contributed by atoms with Crippen LogP contribution in [0.25, 0.3) is 6.08 Å². The molecule has 2 aromatic carbocycles. The van der Waals surface area contributed by atoms with Crippen molar-refractivity contribution in [1.29, 1.82) is 0 Å². The summed E-state index contributed by atoms with van der Waals surface area (Å²) in [5.41, 5.74) is 0.0746. The van der Waals surface area contributed by atoms with Gasteiger partial charge < -0.3 is 19.3 Å². The molecule has 0 bridgehead atoms. The summed E-state index contributed by atoms with van der Waals surface area (Å²) < 4.78 is 63.8. The number of methoxy groups -OCH3 is 2. The number of benzene rings is 2. The van der Waals surface area contributed by atoms with E-state index in [4.69, 9.17) is 9.47 Å². The molecular formula is C27H32F4N2O3. The number of hydrogen-bond donors (Lipinski definition) is 0. The molecule has 5 nitrogen and oxygen atoms in total. The first-order valence-electron chi connectivity index (χ1n) is 11.8. The van der Waals surface area contributed by atoms with Gasteiger partial charge in [-0.2, -0.15) is 13.2 Å². The average Bonchev–Trinajstić information content (AvgIpc) is 3.24. The van der Waals surface area contributed by atoms with Crippen LogP contribution in [0.1, 0.15) is 47.7 Å². The molecule has 0 N–H and O–H groups in total. The van der Waals surface area contributed by atoms with Gasteiger partial charge in [-0.25, -0.2) is 4.39 Å². The van der Waals surface area contributed by atoms with Gasteiger partial charge >= 0.3 is 6.18 Å². The highest BCUT2D eigenvalue weighted by Crippen LogP contribution is 2.31. The maximum atomic E-state index is 13.9. The molecule has 0 radical (unpaired) electrons. The molecule has 0 aliphatic carbocycles. The van der Waals surface area contributed by atoms with E-state index in [0.29, 0.717) is 41.3 Å². The van der Waals surface area contributed by atoms with E-state index in [1.807, 2.05) is 0 Å². The predicted molar refractivity (Wildman–Crippen MR) is 131 cm³/mol. The zero-order chi connectivity index (χ0) is 26.5. The molecular weight excluding hydrogens is 476 g/mol. The summed E-state index contributed by atoms with van der Waals surface area (Å²) >= 11 is 0. The number of amides is 1. The van der Waals surface area contributed by atoms with Gasteiger partial charge in [0.1, 0.15) is 5.82 Å². The van der Waals surface area contributed by atoms with Gasteiger partial charge in [0.2, 0.25) is 0 Å². The Hall–Kier alpha value is -3.07. The summed E-state index contributed by atoms with van der Waals surface area (Å²) in [6.45, 7) is 3.37. The van der Waals surface area contributed by atoms with E-state index in [9.17, 15) is 22.4 Å². The first kappa shape index (κ1) is 27.5. The van der Waals surface area contributed by atoms with Gasteiger partial charge in [0.05, 0.1) is 19.8 Å². The van der Waals surface area contributed by atoms with Crippen LogP contribution in [0, 0.1) is 5.82 Å². The van der Waals surface area contributed by atoms with Crippen molar-refractivity contribution in [2.45, 2.75) is 38.4 Å². The summed E-state index contributed by atoms with van der Waals surface area (Å²) in [4.78, 5) is 17.4. The Balaban J connectivity index is 1.86. The van der Waals surface area contributed by atoms with Crippen molar-refractivity contribution in [1.82, 2.24) is 9.80 Å². The molecule has 0 spiro atoms. The minimum absolute atomic E-state index is 0.0915. The van der Waals surface area contributed by atoms with Crippen LogP contribution in [0.2, 0.25) is 0 Å². The first-order valence-corrected chi connectivity index (χ1v) is 11.8. The lowest BCUT2D eigenvalue weighted by molar-refractivity contribution is -0.137. The molecule has 1 unspecified atom stereocenters. The van der Waals surface area contributed by atoms with Gasteiger partial charge in [-0.15, -0.1) is 0 Å². The quantitative estimate of drug-likeness (QED) is 0.396. The van der Waals surface area contributed by atoms with Crippen molar-refractivity contribution in [2.75, 3.05) is 40.9 Å². The van der Waals surface area contributed by atoms with Crippen molar-refractivity contribution in [3.63, 3.8) is 0 Å². The first-order chi connectivity index (χ1) is 17.0. The van der Waals surface area contributed by atoms with Crippen LogP contribution in [0.15, 0.2) is 42.0 Å². The second-order valence-corrected chi connectivity index (χ2v) is 9.12. The summed E-state index contributed by atoms with van der Waals surface area (Å²) in [5.74, 6) is -0.285. The molecule has 3 rings (SSSR count). The number of rotatable bonds is 9. The zero-order valence-corrected chi connectivity index (χ0v) is 21.0. The summed E-state index contributed by atoms with van der Waals surface area (Å²) in [6.07, 6.45) is -0.255. The minimum Gasteiger partial charge on any atom is -0.493 e. The van der Waals surface area contributed by atoms with Crippen LogP contribution >= 0.6 is 0 Å². The molecule has 2 aromatic rings. The van der Waals surface area contributed by atoms with Gasteiger partial charge in [0, 0.05) is 24.7 Å². The fourth-order valence-corrected chi connectivity index (χ4v) is 4.54. The van der Waals surface area contributed by atoms with Gasteiger partial charge in [-0.05, 0) is 81.7 Å². The van der Waals surface area contributed by atoms with Crippen molar-refractivity contribution in [3.05, 3.63) is 64.5 Å². The van der Waals surface area contributed by atoms with E-state index in [1.165, 1.54) is 20.3 Å². The predicted octanol–water partition coefficient (Wildman–Crippen LogP) is 5.89. The fourth-order valence-electron chi connectivity index (χ4n) is 4.54. The lowest BCUT2D eigenvalue weighted by Gasteiger charge is -2.27. The number of carbonyl (C=O) groups excluding carboxylic acids is 1. The maximum absolute atomic E-state index is 13.9. The number of carbonyl (C=O) groups is 1. The highest BCUT2D eigenvalue weighted by molar-refractivity contribution is 5.95. The van der Waals surface area contributed by atoms with Gasteiger partial charge in [0.15, 0.2) is 11.5 Å². The molecule has 1 saturated heterocycles. The number of likely N-dealkylation sites (tertiary alicyclic amines) is 1. The van der Waals surface area contributed by atoms with E-state index in [2.05, 4.69) is 11.9 Å². The summed E-state index contributed by atoms with van der Waals surface area (Å²) in [7, 11) is 5.06. The standard InChI is InChI=1S/C27H32F4N2O3/c1-18(12-19-13-21(27(29,30)31)16-22(28)14-19)17-33(11-9-23-6-5-10-32(23)2)26(34)20-7-8-24(35-3)25(15-20)36-4/h7-8,12-16,23H,5-6,9-11,17H2,1-4H3/b18-12+. The normalized spacial score (nSPS) is 16.8. The van der Waals surface area contributed by atoms with E-state index in [0.717, 1.165) is 37.9 Å². The molecule has 0 aromatic heterocycles. The van der Waals surface area contributed by atoms with Crippen LogP contribution in [0.4, 0.5) is 17.6 Å². The molecule has 1 aliphatic rings. The minimum atomic E-state index is -4.65. The smallest absolute Gasteiger partial charge is 0.416 e. The second-order valence-electron chi connectivity index (χ2n) is 9.12. The summed E-state index contributed by atoms with van der Waals surface area (Å²) in [5, 5.41) is 0. The Morgan fingerprint density at radius 1 is 1.14 bits per heavy atom. The second kappa shape index (κ2) is 11.8. The van der Waals surface area contributed by atoms with Crippen LogP contribution < -0.4 is 9.47 Å². The highest BCUT2D eigenvalue weighted by Gasteiger charge is 2.31. The molecule has 196 valence electrons. The Labute approximate surface area is 209 Å². The number of nitrogens with zero attached hydrogens (tertiary/aromatic N) is 2. The number of hydrogen-bond acceptors (Lipinski definition) is 4. The molecule has 1 heterocycles. The monoisotopic (exact) mass is 508 g/mol. The third-order valence-corrected chi connectivity index (χ3v) is 6.42. The Morgan fingerprint density at radius 3 is 2.47 bits per heavy atom. The SMILES string of the molecule is COc1ccc(C(=O)N(CCC2CCCN2C)C/C(C)=C/c2cc(F)cc(C(F)(F)F)c2)cc1OC. The van der Waals surface area contributed by atoms with Crippen LogP contribution in [0.3, 0.4) is 0 Å². The maximum Gasteiger partial charge on any atom is 0.416 e. The van der Waals surface area contributed by atoms with Crippen LogP contribution in [-0.4, -0.2) is 62.7 Å². The fraction of sp³-hybridized carbons (Fsp3) is 0.444. The van der Waals surface area contributed by atoms with Gasteiger partial charge in [-0.1, -0.05) is 11.6 Å². The van der Waals surface area contributed by atoms with Crippen molar-refractivity contribution in [3.8, 4) is 11.5 Å². The molecule has 1 amide bonds. The Kier molecular flexibility index (Phi) is 9.00. The Morgan fingerprint density at radius 2 is 1.86 bits per heavy atom. The van der Waals surface area contributed by atoms with Crippen molar-refractivity contribution in [2.24, 2.45) is 0 Å². The van der Waals surface area contributed by atoms with Gasteiger partial charge in [-0.3, -0.25) is 4.79 Å². The third-order valence-electron chi connectivity index (χ3n) is 6.42. The number of alkyl halides is 3. The molecule has 0 saturated carbocycles.